The number of nitrogens with one attached hydrogen (secondary N) is 1. The molecule has 0 aromatic heterocycles. The molecule has 0 saturated carbocycles. The van der Waals surface area contributed by atoms with Crippen molar-refractivity contribution in [1.82, 2.24) is 0 Å². The molecule has 0 aliphatic carbocycles. The SMILES string of the molecule is CCc1cccc2c1NC(CC#N)CS2. The third-order valence-electron chi connectivity index (χ3n) is 2.62. The number of para-hydroxylation sites is 1. The zero-order chi connectivity index (χ0) is 10.7. The van der Waals surface area contributed by atoms with Crippen LogP contribution in [0.4, 0.5) is 5.69 Å². The lowest BCUT2D eigenvalue weighted by Crippen LogP contribution is -2.26. The molecule has 1 aliphatic rings. The molecule has 15 heavy (non-hydrogen) atoms. The number of nitriles is 1. The van der Waals surface area contributed by atoms with Gasteiger partial charge in [-0.3, -0.25) is 0 Å². The second-order valence-electron chi connectivity index (χ2n) is 3.66. The number of thioether (sulfide) groups is 1. The van der Waals surface area contributed by atoms with Crippen LogP contribution in [0.2, 0.25) is 0 Å². The van der Waals surface area contributed by atoms with E-state index in [2.05, 4.69) is 36.5 Å². The Morgan fingerprint density at radius 3 is 3.20 bits per heavy atom. The maximum absolute atomic E-state index is 8.69. The predicted octanol–water partition coefficient (Wildman–Crippen LogP) is 3.05. The zero-order valence-electron chi connectivity index (χ0n) is 8.79. The minimum absolute atomic E-state index is 0.306. The summed E-state index contributed by atoms with van der Waals surface area (Å²) in [6.45, 7) is 2.16. The number of anilines is 1. The van der Waals surface area contributed by atoms with Gasteiger partial charge in [-0.15, -0.1) is 11.8 Å². The van der Waals surface area contributed by atoms with E-state index < -0.39 is 0 Å². The molecule has 1 aromatic rings. The molecule has 1 unspecified atom stereocenters. The van der Waals surface area contributed by atoms with E-state index in [9.17, 15) is 0 Å². The third-order valence-corrected chi connectivity index (χ3v) is 3.84. The predicted molar refractivity (Wildman–Crippen MR) is 64.2 cm³/mol. The Kier molecular flexibility index (Phi) is 3.17. The van der Waals surface area contributed by atoms with Crippen LogP contribution in [0.1, 0.15) is 18.9 Å². The summed E-state index contributed by atoms with van der Waals surface area (Å²) in [6.07, 6.45) is 1.63. The summed E-state index contributed by atoms with van der Waals surface area (Å²) in [5.74, 6) is 0.994. The monoisotopic (exact) mass is 218 g/mol. The molecule has 1 heterocycles. The maximum Gasteiger partial charge on any atom is 0.0643 e. The van der Waals surface area contributed by atoms with Crippen molar-refractivity contribution < 1.29 is 0 Å². The van der Waals surface area contributed by atoms with E-state index in [0.717, 1.165) is 12.2 Å². The third kappa shape index (κ3) is 2.10. The number of fused-ring (bicyclic) bond motifs is 1. The first-order valence-corrected chi connectivity index (χ1v) is 6.22. The van der Waals surface area contributed by atoms with Crippen molar-refractivity contribution in [1.29, 1.82) is 5.26 Å². The van der Waals surface area contributed by atoms with Crippen LogP contribution in [-0.4, -0.2) is 11.8 Å². The summed E-state index contributed by atoms with van der Waals surface area (Å²) in [6, 6.07) is 8.95. The van der Waals surface area contributed by atoms with E-state index in [0.29, 0.717) is 12.5 Å². The first-order chi connectivity index (χ1) is 7.35. The van der Waals surface area contributed by atoms with Crippen molar-refractivity contribution in [2.75, 3.05) is 11.1 Å². The van der Waals surface area contributed by atoms with Crippen molar-refractivity contribution in [2.45, 2.75) is 30.7 Å². The lowest BCUT2D eigenvalue weighted by molar-refractivity contribution is 0.815. The van der Waals surface area contributed by atoms with Crippen LogP contribution in [0.15, 0.2) is 23.1 Å². The van der Waals surface area contributed by atoms with Gasteiger partial charge in [0.05, 0.1) is 18.2 Å². The van der Waals surface area contributed by atoms with Gasteiger partial charge >= 0.3 is 0 Å². The molecule has 1 aliphatic heterocycles. The number of benzene rings is 1. The molecule has 0 spiro atoms. The van der Waals surface area contributed by atoms with Gasteiger partial charge in [-0.2, -0.15) is 5.26 Å². The summed E-state index contributed by atoms with van der Waals surface area (Å²) < 4.78 is 0. The zero-order valence-corrected chi connectivity index (χ0v) is 9.60. The average Bonchev–Trinajstić information content (AvgIpc) is 2.28. The Balaban J connectivity index is 2.27. The molecule has 0 radical (unpaired) electrons. The summed E-state index contributed by atoms with van der Waals surface area (Å²) in [5.41, 5.74) is 2.60. The van der Waals surface area contributed by atoms with E-state index in [1.54, 1.807) is 0 Å². The molecule has 2 nitrogen and oxygen atoms in total. The molecule has 0 saturated heterocycles. The molecule has 3 heteroatoms. The van der Waals surface area contributed by atoms with Gasteiger partial charge in [-0.05, 0) is 18.1 Å². The van der Waals surface area contributed by atoms with Gasteiger partial charge in [0, 0.05) is 16.7 Å². The van der Waals surface area contributed by atoms with Gasteiger partial charge in [0.1, 0.15) is 0 Å². The van der Waals surface area contributed by atoms with Crippen molar-refractivity contribution >= 4 is 17.4 Å². The summed E-state index contributed by atoms with van der Waals surface area (Å²) in [7, 11) is 0. The molecule has 1 N–H and O–H groups in total. The molecule has 1 atom stereocenters. The van der Waals surface area contributed by atoms with Crippen molar-refractivity contribution in [3.63, 3.8) is 0 Å². The number of hydrogen-bond donors (Lipinski definition) is 1. The second kappa shape index (κ2) is 4.59. The van der Waals surface area contributed by atoms with Crippen LogP contribution in [0.5, 0.6) is 0 Å². The normalized spacial score (nSPS) is 18.8. The highest BCUT2D eigenvalue weighted by molar-refractivity contribution is 7.99. The van der Waals surface area contributed by atoms with E-state index in [1.165, 1.54) is 16.1 Å². The highest BCUT2D eigenvalue weighted by Gasteiger charge is 2.19. The number of hydrogen-bond acceptors (Lipinski definition) is 3. The Labute approximate surface area is 94.7 Å². The number of rotatable bonds is 2. The van der Waals surface area contributed by atoms with E-state index in [1.807, 2.05) is 11.8 Å². The molecule has 0 fully saturated rings. The first kappa shape index (κ1) is 10.4. The van der Waals surface area contributed by atoms with Crippen LogP contribution < -0.4 is 5.32 Å². The lowest BCUT2D eigenvalue weighted by atomic mass is 10.1. The topological polar surface area (TPSA) is 35.8 Å². The van der Waals surface area contributed by atoms with E-state index >= 15 is 0 Å². The number of nitrogens with zero attached hydrogens (tertiary/aromatic N) is 1. The minimum Gasteiger partial charge on any atom is -0.379 e. The molecular formula is C12H14N2S. The Morgan fingerprint density at radius 2 is 2.47 bits per heavy atom. The Hall–Kier alpha value is -1.14. The molecule has 1 aromatic carbocycles. The van der Waals surface area contributed by atoms with Crippen molar-refractivity contribution in [3.8, 4) is 6.07 Å². The van der Waals surface area contributed by atoms with Gasteiger partial charge in [0.2, 0.25) is 0 Å². The minimum atomic E-state index is 0.306. The van der Waals surface area contributed by atoms with Gasteiger partial charge in [0.15, 0.2) is 0 Å². The summed E-state index contributed by atoms with van der Waals surface area (Å²) in [5, 5.41) is 12.2. The Morgan fingerprint density at radius 1 is 1.60 bits per heavy atom. The highest BCUT2D eigenvalue weighted by atomic mass is 32.2. The van der Waals surface area contributed by atoms with Crippen molar-refractivity contribution in [2.24, 2.45) is 0 Å². The molecule has 0 bridgehead atoms. The Bertz CT molecular complexity index is 381. The van der Waals surface area contributed by atoms with E-state index in [4.69, 9.17) is 5.26 Å². The highest BCUT2D eigenvalue weighted by Crippen LogP contribution is 2.36. The fourth-order valence-electron chi connectivity index (χ4n) is 1.81. The van der Waals surface area contributed by atoms with Crippen LogP contribution >= 0.6 is 11.8 Å². The lowest BCUT2D eigenvalue weighted by Gasteiger charge is -2.26. The summed E-state index contributed by atoms with van der Waals surface area (Å²) in [4.78, 5) is 1.32. The standard InChI is InChI=1S/C12H14N2S/c1-2-9-4-3-5-11-12(9)14-10(6-7-13)8-15-11/h3-5,10,14H,2,6,8H2,1H3. The molecular weight excluding hydrogens is 204 g/mol. The average molecular weight is 218 g/mol. The van der Waals surface area contributed by atoms with Crippen LogP contribution in [0, 0.1) is 11.3 Å². The van der Waals surface area contributed by atoms with Crippen LogP contribution in [-0.2, 0) is 6.42 Å². The molecule has 78 valence electrons. The molecule has 0 amide bonds. The van der Waals surface area contributed by atoms with Gasteiger partial charge in [-0.25, -0.2) is 0 Å². The van der Waals surface area contributed by atoms with E-state index in [-0.39, 0.29) is 0 Å². The second-order valence-corrected chi connectivity index (χ2v) is 4.72. The van der Waals surface area contributed by atoms with Gasteiger partial charge < -0.3 is 5.32 Å². The van der Waals surface area contributed by atoms with Gasteiger partial charge in [0.25, 0.3) is 0 Å². The van der Waals surface area contributed by atoms with Crippen molar-refractivity contribution in [3.05, 3.63) is 23.8 Å². The fraction of sp³-hybridized carbons (Fsp3) is 0.417. The number of aryl methyl sites for hydroxylation is 1. The first-order valence-electron chi connectivity index (χ1n) is 5.23. The maximum atomic E-state index is 8.69. The van der Waals surface area contributed by atoms with Gasteiger partial charge in [-0.1, -0.05) is 19.1 Å². The quantitative estimate of drug-likeness (QED) is 0.828. The van der Waals surface area contributed by atoms with Crippen LogP contribution in [0.3, 0.4) is 0 Å². The largest absolute Gasteiger partial charge is 0.379 e. The van der Waals surface area contributed by atoms with Crippen LogP contribution in [0.25, 0.3) is 0 Å². The molecule has 2 rings (SSSR count). The fourth-order valence-corrected chi connectivity index (χ4v) is 2.90. The smallest absolute Gasteiger partial charge is 0.0643 e. The summed E-state index contributed by atoms with van der Waals surface area (Å²) >= 11 is 1.85.